The molecule has 0 amide bonds. The third-order valence-electron chi connectivity index (χ3n) is 3.09. The zero-order valence-electron chi connectivity index (χ0n) is 7.33. The van der Waals surface area contributed by atoms with Gasteiger partial charge in [0, 0.05) is 10.7 Å². The average molecular weight is 225 g/mol. The van der Waals surface area contributed by atoms with Gasteiger partial charge in [-0.2, -0.15) is 0 Å². The summed E-state index contributed by atoms with van der Waals surface area (Å²) < 4.78 is 27.0. The summed E-state index contributed by atoms with van der Waals surface area (Å²) in [6.07, 6.45) is 4.34. The quantitative estimate of drug-likeness (QED) is 0.668. The lowest BCUT2D eigenvalue weighted by molar-refractivity contribution is 0.0751. The Hall–Kier alpha value is 0.200. The maximum atomic E-state index is 10.8. The lowest BCUT2D eigenvalue weighted by Crippen LogP contribution is -2.30. The maximum absolute atomic E-state index is 10.8. The summed E-state index contributed by atoms with van der Waals surface area (Å²) in [5.41, 5.74) is 0.312. The van der Waals surface area contributed by atoms with Crippen LogP contribution in [0.2, 0.25) is 0 Å². The molecular weight excluding hydrogens is 212 g/mol. The summed E-state index contributed by atoms with van der Waals surface area (Å²) in [7, 11) is 1.77. The molecule has 1 aliphatic carbocycles. The molecule has 0 N–H and O–H groups in total. The van der Waals surface area contributed by atoms with Crippen LogP contribution >= 0.6 is 10.7 Å². The molecule has 1 saturated carbocycles. The zero-order valence-corrected chi connectivity index (χ0v) is 8.90. The highest BCUT2D eigenvalue weighted by atomic mass is 35.7. The molecule has 1 atom stereocenters. The first-order valence-electron chi connectivity index (χ1n) is 4.53. The largest absolute Gasteiger partial charge is 0.377 e. The highest BCUT2D eigenvalue weighted by Gasteiger charge is 2.45. The van der Waals surface area contributed by atoms with Gasteiger partial charge in [-0.05, 0) is 24.7 Å². The molecule has 2 fully saturated rings. The molecule has 3 nitrogen and oxygen atoms in total. The molecule has 13 heavy (non-hydrogen) atoms. The minimum Gasteiger partial charge on any atom is -0.377 e. The van der Waals surface area contributed by atoms with Crippen LogP contribution in [-0.4, -0.2) is 26.9 Å². The van der Waals surface area contributed by atoms with E-state index in [0.29, 0.717) is 5.41 Å². The molecular formula is C8H13ClO3S. The van der Waals surface area contributed by atoms with E-state index in [1.54, 1.807) is 0 Å². The molecule has 0 bridgehead atoms. The average Bonchev–Trinajstić information content (AvgIpc) is 2.26. The maximum Gasteiger partial charge on any atom is 0.235 e. The van der Waals surface area contributed by atoms with Gasteiger partial charge in [-0.3, -0.25) is 0 Å². The Morgan fingerprint density at radius 3 is 2.54 bits per heavy atom. The summed E-state index contributed by atoms with van der Waals surface area (Å²) in [4.78, 5) is 0. The molecule has 1 spiro atoms. The van der Waals surface area contributed by atoms with E-state index in [1.165, 1.54) is 19.3 Å². The van der Waals surface area contributed by atoms with Crippen LogP contribution in [-0.2, 0) is 13.8 Å². The Morgan fingerprint density at radius 1 is 1.46 bits per heavy atom. The molecule has 0 radical (unpaired) electrons. The first kappa shape index (κ1) is 9.74. The van der Waals surface area contributed by atoms with Crippen LogP contribution < -0.4 is 0 Å². The second-order valence-electron chi connectivity index (χ2n) is 4.20. The van der Waals surface area contributed by atoms with Gasteiger partial charge >= 0.3 is 0 Å². The molecule has 0 aromatic heterocycles. The Bertz CT molecular complexity index is 295. The van der Waals surface area contributed by atoms with Gasteiger partial charge in [0.25, 0.3) is 0 Å². The van der Waals surface area contributed by atoms with Crippen molar-refractivity contribution in [1.82, 2.24) is 0 Å². The van der Waals surface area contributed by atoms with Gasteiger partial charge in [0.2, 0.25) is 9.05 Å². The van der Waals surface area contributed by atoms with Crippen molar-refractivity contribution < 1.29 is 13.2 Å². The predicted octanol–water partition coefficient (Wildman–Crippen LogP) is 1.51. The number of halogens is 1. The lowest BCUT2D eigenvalue weighted by Gasteiger charge is -2.36. The van der Waals surface area contributed by atoms with Crippen LogP contribution in [0.5, 0.6) is 0 Å². The third-order valence-corrected chi connectivity index (χ3v) is 4.23. The van der Waals surface area contributed by atoms with Gasteiger partial charge < -0.3 is 4.74 Å². The van der Waals surface area contributed by atoms with Crippen molar-refractivity contribution in [3.05, 3.63) is 0 Å². The number of hydrogen-bond acceptors (Lipinski definition) is 3. The summed E-state index contributed by atoms with van der Waals surface area (Å²) in [5.74, 6) is -0.0314. The van der Waals surface area contributed by atoms with Crippen molar-refractivity contribution in [2.75, 3.05) is 12.4 Å². The molecule has 1 aliphatic heterocycles. The molecule has 0 aromatic rings. The van der Waals surface area contributed by atoms with E-state index in [0.717, 1.165) is 13.0 Å². The SMILES string of the molecule is O=S(=O)(Cl)CC1CC2(CCC2)CO1. The normalized spacial score (nSPS) is 31.9. The number of ether oxygens (including phenoxy) is 1. The second-order valence-corrected chi connectivity index (χ2v) is 7.02. The van der Waals surface area contributed by atoms with Crippen LogP contribution in [0.15, 0.2) is 0 Å². The molecule has 1 unspecified atom stereocenters. The van der Waals surface area contributed by atoms with Crippen molar-refractivity contribution in [3.63, 3.8) is 0 Å². The van der Waals surface area contributed by atoms with E-state index in [-0.39, 0.29) is 11.9 Å². The molecule has 2 aliphatic rings. The Labute approximate surface area is 82.8 Å². The minimum atomic E-state index is -3.39. The number of hydrogen-bond donors (Lipinski definition) is 0. The molecule has 2 rings (SSSR count). The van der Waals surface area contributed by atoms with Crippen LogP contribution in [0.1, 0.15) is 25.7 Å². The van der Waals surface area contributed by atoms with Gasteiger partial charge in [0.1, 0.15) is 0 Å². The van der Waals surface area contributed by atoms with E-state index in [4.69, 9.17) is 15.4 Å². The van der Waals surface area contributed by atoms with Crippen LogP contribution in [0.3, 0.4) is 0 Å². The van der Waals surface area contributed by atoms with Gasteiger partial charge in [0.15, 0.2) is 0 Å². The molecule has 0 aromatic carbocycles. The summed E-state index contributed by atoms with van der Waals surface area (Å²) in [5, 5.41) is 0. The second kappa shape index (κ2) is 3.11. The lowest BCUT2D eigenvalue weighted by atomic mass is 9.68. The Kier molecular flexibility index (Phi) is 2.33. The monoisotopic (exact) mass is 224 g/mol. The topological polar surface area (TPSA) is 43.4 Å². The van der Waals surface area contributed by atoms with Gasteiger partial charge in [-0.1, -0.05) is 6.42 Å². The fourth-order valence-electron chi connectivity index (χ4n) is 2.25. The smallest absolute Gasteiger partial charge is 0.235 e. The van der Waals surface area contributed by atoms with E-state index >= 15 is 0 Å². The summed E-state index contributed by atoms with van der Waals surface area (Å²) in [6, 6.07) is 0. The van der Waals surface area contributed by atoms with Gasteiger partial charge in [-0.15, -0.1) is 0 Å². The fourth-order valence-corrected chi connectivity index (χ4v) is 3.33. The molecule has 1 heterocycles. The van der Waals surface area contributed by atoms with Crippen LogP contribution in [0, 0.1) is 5.41 Å². The fraction of sp³-hybridized carbons (Fsp3) is 1.00. The first-order chi connectivity index (χ1) is 5.99. The highest BCUT2D eigenvalue weighted by Crippen LogP contribution is 2.49. The highest BCUT2D eigenvalue weighted by molar-refractivity contribution is 8.13. The van der Waals surface area contributed by atoms with Crippen molar-refractivity contribution in [3.8, 4) is 0 Å². The molecule has 1 saturated heterocycles. The van der Waals surface area contributed by atoms with Crippen molar-refractivity contribution in [2.45, 2.75) is 31.8 Å². The standard InChI is InChI=1S/C8H13ClO3S/c9-13(10,11)5-7-4-8(6-12-7)2-1-3-8/h7H,1-6H2. The van der Waals surface area contributed by atoms with Crippen LogP contribution in [0.25, 0.3) is 0 Å². The zero-order chi connectivity index (χ0) is 9.53. The van der Waals surface area contributed by atoms with E-state index < -0.39 is 9.05 Å². The van der Waals surface area contributed by atoms with Crippen LogP contribution in [0.4, 0.5) is 0 Å². The van der Waals surface area contributed by atoms with Crippen molar-refractivity contribution >= 4 is 19.7 Å². The van der Waals surface area contributed by atoms with E-state index in [9.17, 15) is 8.42 Å². The Balaban J connectivity index is 1.91. The number of rotatable bonds is 2. The summed E-state index contributed by atoms with van der Waals surface area (Å²) >= 11 is 0. The predicted molar refractivity (Wildman–Crippen MR) is 50.3 cm³/mol. The van der Waals surface area contributed by atoms with E-state index in [1.807, 2.05) is 0 Å². The van der Waals surface area contributed by atoms with Gasteiger partial charge in [0.05, 0.1) is 18.5 Å². The molecule has 5 heteroatoms. The minimum absolute atomic E-state index is 0.0314. The third kappa shape index (κ3) is 2.17. The van der Waals surface area contributed by atoms with Crippen molar-refractivity contribution in [2.24, 2.45) is 5.41 Å². The van der Waals surface area contributed by atoms with Crippen molar-refractivity contribution in [1.29, 1.82) is 0 Å². The van der Waals surface area contributed by atoms with E-state index in [2.05, 4.69) is 0 Å². The first-order valence-corrected chi connectivity index (χ1v) is 7.01. The Morgan fingerprint density at radius 2 is 2.15 bits per heavy atom. The molecule has 76 valence electrons. The van der Waals surface area contributed by atoms with Gasteiger partial charge in [-0.25, -0.2) is 8.42 Å². The summed E-state index contributed by atoms with van der Waals surface area (Å²) in [6.45, 7) is 0.726.